The molecule has 2 N–H and O–H groups in total. The minimum absolute atomic E-state index is 0.0366. The predicted molar refractivity (Wildman–Crippen MR) is 83.6 cm³/mol. The Morgan fingerprint density at radius 2 is 1.95 bits per heavy atom. The van der Waals surface area contributed by atoms with Crippen molar-refractivity contribution in [3.8, 4) is 5.75 Å². The molecular formula is C16H16FN3O2. The van der Waals surface area contributed by atoms with Gasteiger partial charge in [0, 0.05) is 11.3 Å². The topological polar surface area (TPSA) is 62.7 Å². The Bertz CT molecular complexity index is 657. The standard InChI is InChI=1S/C16H16FN3O2/c1-22-15-5-3-2-4-12(15)10-19-20-16(21)11-18-14-8-6-13(17)7-9-14/h2-10,18H,11H2,1H3,(H,20,21)/b19-10+. The minimum Gasteiger partial charge on any atom is -0.496 e. The number of carbonyl (C=O) groups is 1. The van der Waals surface area contributed by atoms with Crippen LogP contribution in [0.15, 0.2) is 53.6 Å². The van der Waals surface area contributed by atoms with Crippen molar-refractivity contribution in [1.82, 2.24) is 5.43 Å². The maximum atomic E-state index is 12.7. The van der Waals surface area contributed by atoms with E-state index in [1.165, 1.54) is 18.3 Å². The summed E-state index contributed by atoms with van der Waals surface area (Å²) < 4.78 is 17.9. The first-order chi connectivity index (χ1) is 10.7. The van der Waals surface area contributed by atoms with Crippen molar-refractivity contribution in [2.45, 2.75) is 0 Å². The van der Waals surface area contributed by atoms with Crippen molar-refractivity contribution in [2.75, 3.05) is 19.0 Å². The number of ether oxygens (including phenoxy) is 1. The average Bonchev–Trinajstić information content (AvgIpc) is 2.55. The van der Waals surface area contributed by atoms with Gasteiger partial charge >= 0.3 is 0 Å². The van der Waals surface area contributed by atoms with Gasteiger partial charge in [-0.2, -0.15) is 5.10 Å². The van der Waals surface area contributed by atoms with Gasteiger partial charge in [0.2, 0.25) is 0 Å². The van der Waals surface area contributed by atoms with Gasteiger partial charge in [-0.15, -0.1) is 0 Å². The Labute approximate surface area is 127 Å². The van der Waals surface area contributed by atoms with Crippen LogP contribution in [-0.2, 0) is 4.79 Å². The molecule has 0 heterocycles. The first kappa shape index (κ1) is 15.5. The molecule has 0 fully saturated rings. The highest BCUT2D eigenvalue weighted by Gasteiger charge is 2.01. The lowest BCUT2D eigenvalue weighted by Crippen LogP contribution is -2.25. The maximum absolute atomic E-state index is 12.7. The molecule has 0 aliphatic heterocycles. The van der Waals surface area contributed by atoms with Gasteiger partial charge in [0.1, 0.15) is 11.6 Å². The van der Waals surface area contributed by atoms with Crippen LogP contribution in [0.5, 0.6) is 5.75 Å². The Balaban J connectivity index is 1.82. The molecule has 0 saturated heterocycles. The maximum Gasteiger partial charge on any atom is 0.259 e. The molecule has 0 unspecified atom stereocenters. The Morgan fingerprint density at radius 1 is 1.23 bits per heavy atom. The van der Waals surface area contributed by atoms with Gasteiger partial charge in [-0.1, -0.05) is 12.1 Å². The summed E-state index contributed by atoms with van der Waals surface area (Å²) in [5.74, 6) is 0.0387. The van der Waals surface area contributed by atoms with E-state index in [1.54, 1.807) is 25.3 Å². The molecule has 0 aromatic heterocycles. The van der Waals surface area contributed by atoms with E-state index in [4.69, 9.17) is 4.74 Å². The first-order valence-corrected chi connectivity index (χ1v) is 6.63. The lowest BCUT2D eigenvalue weighted by atomic mass is 10.2. The molecule has 0 saturated carbocycles. The number of hydrogen-bond donors (Lipinski definition) is 2. The second-order valence-corrected chi connectivity index (χ2v) is 4.40. The molecule has 2 aromatic rings. The Hall–Kier alpha value is -2.89. The van der Waals surface area contributed by atoms with Crippen LogP contribution in [-0.4, -0.2) is 25.8 Å². The number of methoxy groups -OCH3 is 1. The summed E-state index contributed by atoms with van der Waals surface area (Å²) in [7, 11) is 1.57. The lowest BCUT2D eigenvalue weighted by molar-refractivity contribution is -0.119. The van der Waals surface area contributed by atoms with Gasteiger partial charge in [0.15, 0.2) is 0 Å². The number of halogens is 1. The third-order valence-corrected chi connectivity index (χ3v) is 2.83. The quantitative estimate of drug-likeness (QED) is 0.636. The van der Waals surface area contributed by atoms with Gasteiger partial charge in [0.05, 0.1) is 19.9 Å². The molecule has 0 spiro atoms. The number of amides is 1. The van der Waals surface area contributed by atoms with Crippen molar-refractivity contribution >= 4 is 17.8 Å². The monoisotopic (exact) mass is 301 g/mol. The number of carbonyl (C=O) groups excluding carboxylic acids is 1. The number of benzene rings is 2. The molecule has 114 valence electrons. The molecule has 22 heavy (non-hydrogen) atoms. The molecule has 0 bridgehead atoms. The number of para-hydroxylation sites is 1. The number of hydrogen-bond acceptors (Lipinski definition) is 4. The molecule has 0 atom stereocenters. The molecule has 0 aliphatic rings. The van der Waals surface area contributed by atoms with E-state index in [2.05, 4.69) is 15.8 Å². The minimum atomic E-state index is -0.323. The van der Waals surface area contributed by atoms with Crippen LogP contribution in [0.2, 0.25) is 0 Å². The summed E-state index contributed by atoms with van der Waals surface area (Å²) in [5.41, 5.74) is 3.82. The zero-order chi connectivity index (χ0) is 15.8. The van der Waals surface area contributed by atoms with E-state index in [0.717, 1.165) is 5.56 Å². The highest BCUT2D eigenvalue weighted by molar-refractivity contribution is 5.86. The number of nitrogens with one attached hydrogen (secondary N) is 2. The highest BCUT2D eigenvalue weighted by atomic mass is 19.1. The average molecular weight is 301 g/mol. The molecule has 2 rings (SSSR count). The van der Waals surface area contributed by atoms with Crippen LogP contribution in [0.4, 0.5) is 10.1 Å². The largest absolute Gasteiger partial charge is 0.496 e. The highest BCUT2D eigenvalue weighted by Crippen LogP contribution is 2.14. The number of rotatable bonds is 6. The fourth-order valence-corrected chi connectivity index (χ4v) is 1.74. The van der Waals surface area contributed by atoms with E-state index in [0.29, 0.717) is 11.4 Å². The van der Waals surface area contributed by atoms with Crippen molar-refractivity contribution < 1.29 is 13.9 Å². The molecular weight excluding hydrogens is 285 g/mol. The van der Waals surface area contributed by atoms with E-state index in [-0.39, 0.29) is 18.3 Å². The lowest BCUT2D eigenvalue weighted by Gasteiger charge is -2.05. The summed E-state index contributed by atoms with van der Waals surface area (Å²) in [4.78, 5) is 11.6. The van der Waals surface area contributed by atoms with Crippen molar-refractivity contribution in [1.29, 1.82) is 0 Å². The SMILES string of the molecule is COc1ccccc1/C=N/NC(=O)CNc1ccc(F)cc1. The van der Waals surface area contributed by atoms with Crippen LogP contribution in [0.1, 0.15) is 5.56 Å². The van der Waals surface area contributed by atoms with Crippen molar-refractivity contribution in [3.05, 3.63) is 59.9 Å². The van der Waals surface area contributed by atoms with Crippen LogP contribution < -0.4 is 15.5 Å². The summed E-state index contributed by atoms with van der Waals surface area (Å²) in [6.07, 6.45) is 1.51. The van der Waals surface area contributed by atoms with Gasteiger partial charge in [-0.25, -0.2) is 9.82 Å². The van der Waals surface area contributed by atoms with E-state index >= 15 is 0 Å². The summed E-state index contributed by atoms with van der Waals surface area (Å²) >= 11 is 0. The van der Waals surface area contributed by atoms with Gasteiger partial charge in [-0.3, -0.25) is 4.79 Å². The third kappa shape index (κ3) is 4.59. The fourth-order valence-electron chi connectivity index (χ4n) is 1.74. The van der Waals surface area contributed by atoms with Gasteiger partial charge < -0.3 is 10.1 Å². The summed E-state index contributed by atoms with van der Waals surface area (Å²) in [6, 6.07) is 13.1. The predicted octanol–water partition coefficient (Wildman–Crippen LogP) is 2.40. The van der Waals surface area contributed by atoms with Crippen molar-refractivity contribution in [2.24, 2.45) is 5.10 Å². The number of anilines is 1. The molecule has 6 heteroatoms. The van der Waals surface area contributed by atoms with Gasteiger partial charge in [0.25, 0.3) is 5.91 Å². The summed E-state index contributed by atoms with van der Waals surface area (Å²) in [6.45, 7) is 0.0366. The molecule has 2 aromatic carbocycles. The summed E-state index contributed by atoms with van der Waals surface area (Å²) in [5, 5.41) is 6.74. The van der Waals surface area contributed by atoms with Gasteiger partial charge in [-0.05, 0) is 36.4 Å². The second-order valence-electron chi connectivity index (χ2n) is 4.40. The van der Waals surface area contributed by atoms with Crippen LogP contribution in [0.3, 0.4) is 0 Å². The normalized spacial score (nSPS) is 10.5. The second kappa shape index (κ2) is 7.78. The van der Waals surface area contributed by atoms with Crippen LogP contribution in [0, 0.1) is 5.82 Å². The van der Waals surface area contributed by atoms with Crippen LogP contribution >= 0.6 is 0 Å². The van der Waals surface area contributed by atoms with Crippen molar-refractivity contribution in [3.63, 3.8) is 0 Å². The smallest absolute Gasteiger partial charge is 0.259 e. The Morgan fingerprint density at radius 3 is 2.68 bits per heavy atom. The number of hydrazone groups is 1. The molecule has 0 aliphatic carbocycles. The molecule has 0 radical (unpaired) electrons. The van der Waals surface area contributed by atoms with E-state index in [9.17, 15) is 9.18 Å². The first-order valence-electron chi connectivity index (χ1n) is 6.63. The molecule has 5 nitrogen and oxygen atoms in total. The number of nitrogens with zero attached hydrogens (tertiary/aromatic N) is 1. The van der Waals surface area contributed by atoms with E-state index < -0.39 is 0 Å². The fraction of sp³-hybridized carbons (Fsp3) is 0.125. The van der Waals surface area contributed by atoms with E-state index in [1.807, 2.05) is 18.2 Å². The zero-order valence-electron chi connectivity index (χ0n) is 12.0. The van der Waals surface area contributed by atoms with Crippen LogP contribution in [0.25, 0.3) is 0 Å². The Kier molecular flexibility index (Phi) is 5.48. The zero-order valence-corrected chi connectivity index (χ0v) is 12.0. The third-order valence-electron chi connectivity index (χ3n) is 2.83. The molecule has 1 amide bonds.